The lowest BCUT2D eigenvalue weighted by Crippen LogP contribution is -2.52. The van der Waals surface area contributed by atoms with Crippen LogP contribution in [0, 0.1) is 5.82 Å². The fraction of sp³-hybridized carbons (Fsp3) is 0.200. The van der Waals surface area contributed by atoms with E-state index in [1.165, 1.54) is 0 Å². The number of aromatic amines is 1. The standard InChI is InChI=1S/C20H13B4FN3O2/c1-7-19-9(2-3-13(29)30)10-5-11-8(6-26-27-11)4-12(10)28(19)20-15(22)14(21)18(25)16(23)17(20)24-7/h4-7H,2-3H2,1H3,(H,26,27)(H,29,30). The summed E-state index contributed by atoms with van der Waals surface area (Å²) in [6, 6.07) is 3.91. The molecule has 139 valence electrons. The third kappa shape index (κ3) is 2.52. The molecule has 1 aliphatic rings. The number of aryl methyl sites for hydroxylation is 1. The lowest BCUT2D eigenvalue weighted by Gasteiger charge is -2.31. The molecule has 4 aromatic rings. The minimum atomic E-state index is -0.881. The molecule has 0 bridgehead atoms. The average Bonchev–Trinajstić information content (AvgIpc) is 3.29. The van der Waals surface area contributed by atoms with Gasteiger partial charge in [-0.2, -0.15) is 5.10 Å². The minimum absolute atomic E-state index is 0.0180. The molecule has 10 heteroatoms. The van der Waals surface area contributed by atoms with Crippen molar-refractivity contribution in [3.8, 4) is 5.69 Å². The average molecular weight is 390 g/mol. The van der Waals surface area contributed by atoms with Gasteiger partial charge in [-0.1, -0.05) is 28.8 Å². The number of nitrogens with zero attached hydrogens (tertiary/aromatic N) is 2. The second-order valence-corrected chi connectivity index (χ2v) is 7.69. The Labute approximate surface area is 176 Å². The first-order chi connectivity index (χ1) is 14.3. The summed E-state index contributed by atoms with van der Waals surface area (Å²) in [5.41, 5.74) is 4.33. The molecule has 30 heavy (non-hydrogen) atoms. The summed E-state index contributed by atoms with van der Waals surface area (Å²) < 4.78 is 16.5. The topological polar surface area (TPSA) is 70.9 Å². The van der Waals surface area contributed by atoms with Gasteiger partial charge in [-0.25, -0.2) is 4.39 Å². The number of H-pyrrole nitrogens is 1. The van der Waals surface area contributed by atoms with Crippen molar-refractivity contribution in [3.63, 3.8) is 0 Å². The van der Waals surface area contributed by atoms with Crippen LogP contribution in [-0.2, 0) is 11.2 Å². The van der Waals surface area contributed by atoms with E-state index in [0.717, 1.165) is 33.1 Å². The molecule has 3 heterocycles. The highest BCUT2D eigenvalue weighted by molar-refractivity contribution is 6.67. The maximum atomic E-state index is 14.5. The van der Waals surface area contributed by atoms with Crippen LogP contribution in [0.3, 0.4) is 0 Å². The molecule has 2 aromatic heterocycles. The Balaban J connectivity index is 1.94. The van der Waals surface area contributed by atoms with Crippen molar-refractivity contribution >= 4 is 80.4 Å². The normalized spacial score (nSPS) is 15.2. The van der Waals surface area contributed by atoms with Crippen molar-refractivity contribution in [2.24, 2.45) is 0 Å². The van der Waals surface area contributed by atoms with Gasteiger partial charge in [0.1, 0.15) is 29.4 Å². The molecule has 2 aromatic carbocycles. The van der Waals surface area contributed by atoms with E-state index in [9.17, 15) is 14.3 Å². The number of nitrogens with one attached hydrogen (secondary N) is 1. The fourth-order valence-corrected chi connectivity index (χ4v) is 4.54. The van der Waals surface area contributed by atoms with Gasteiger partial charge in [0.15, 0.2) is 7.28 Å². The van der Waals surface area contributed by atoms with Gasteiger partial charge in [-0.3, -0.25) is 9.89 Å². The zero-order chi connectivity index (χ0) is 21.3. The number of fused-ring (bicyclic) bond motifs is 6. The zero-order valence-electron chi connectivity index (χ0n) is 16.2. The van der Waals surface area contributed by atoms with Crippen LogP contribution in [0.25, 0.3) is 27.5 Å². The number of hydrogen-bond donors (Lipinski definition) is 2. The summed E-state index contributed by atoms with van der Waals surface area (Å²) in [5, 5.41) is 18.1. The number of carboxylic acids is 1. The van der Waals surface area contributed by atoms with Crippen molar-refractivity contribution in [1.82, 2.24) is 14.8 Å². The number of halogens is 1. The van der Waals surface area contributed by atoms with E-state index in [2.05, 4.69) is 10.2 Å². The first-order valence-corrected chi connectivity index (χ1v) is 9.52. The van der Waals surface area contributed by atoms with E-state index in [1.54, 1.807) is 6.20 Å². The van der Waals surface area contributed by atoms with Crippen LogP contribution in [0.4, 0.5) is 4.39 Å². The summed E-state index contributed by atoms with van der Waals surface area (Å²) in [5.74, 6) is -1.75. The van der Waals surface area contributed by atoms with Crippen LogP contribution in [0.5, 0.6) is 0 Å². The highest BCUT2D eigenvalue weighted by Gasteiger charge is 2.32. The highest BCUT2D eigenvalue weighted by Crippen LogP contribution is 2.37. The molecule has 1 unspecified atom stereocenters. The number of carbonyl (C=O) groups is 1. The van der Waals surface area contributed by atoms with Gasteiger partial charge in [0.05, 0.1) is 17.2 Å². The van der Waals surface area contributed by atoms with Crippen molar-refractivity contribution in [2.75, 3.05) is 0 Å². The predicted molar refractivity (Wildman–Crippen MR) is 119 cm³/mol. The molecular formula is C20H13B4FN3O2. The quantitative estimate of drug-likeness (QED) is 0.462. The molecule has 2 N–H and O–H groups in total. The number of rotatable bonds is 3. The second-order valence-electron chi connectivity index (χ2n) is 7.69. The predicted octanol–water partition coefficient (Wildman–Crippen LogP) is -0.551. The number of hydrogen-bond acceptors (Lipinski definition) is 2. The number of aliphatic carboxylic acids is 1. The SMILES string of the molecule is [B]c1c([B])c2c(c([B])c1F)[B]C(C)c1c(CCC(=O)O)c3cc4[nH]ncc4cc3n1-2. The zero-order valence-corrected chi connectivity index (χ0v) is 16.2. The Kier molecular flexibility index (Phi) is 4.17. The third-order valence-corrected chi connectivity index (χ3v) is 5.90. The highest BCUT2D eigenvalue weighted by atomic mass is 19.1. The largest absolute Gasteiger partial charge is 0.481 e. The smallest absolute Gasteiger partial charge is 0.303 e. The minimum Gasteiger partial charge on any atom is -0.481 e. The van der Waals surface area contributed by atoms with Crippen LogP contribution in [0.15, 0.2) is 18.3 Å². The monoisotopic (exact) mass is 390 g/mol. The molecule has 5 nitrogen and oxygen atoms in total. The van der Waals surface area contributed by atoms with Gasteiger partial charge in [0, 0.05) is 28.6 Å². The molecule has 5 rings (SSSR count). The fourth-order valence-electron chi connectivity index (χ4n) is 4.54. The molecule has 0 aliphatic carbocycles. The van der Waals surface area contributed by atoms with Crippen molar-refractivity contribution in [2.45, 2.75) is 25.6 Å². The Morgan fingerprint density at radius 2 is 2.07 bits per heavy atom. The number of carboxylic acid groups (broad SMARTS) is 1. The van der Waals surface area contributed by atoms with Gasteiger partial charge < -0.3 is 9.67 Å². The molecule has 1 aliphatic heterocycles. The van der Waals surface area contributed by atoms with E-state index < -0.39 is 11.8 Å². The summed E-state index contributed by atoms with van der Waals surface area (Å²) in [6.07, 6.45) is 2.03. The van der Waals surface area contributed by atoms with Gasteiger partial charge in [0.2, 0.25) is 0 Å². The summed E-state index contributed by atoms with van der Waals surface area (Å²) >= 11 is 0. The van der Waals surface area contributed by atoms with E-state index >= 15 is 0 Å². The molecule has 0 saturated heterocycles. The Bertz CT molecular complexity index is 1380. The number of benzene rings is 2. The van der Waals surface area contributed by atoms with E-state index in [4.69, 9.17) is 23.5 Å². The molecule has 0 amide bonds. The van der Waals surface area contributed by atoms with Gasteiger partial charge >= 0.3 is 5.97 Å². The summed E-state index contributed by atoms with van der Waals surface area (Å²) in [6.45, 7) is 1.97. The third-order valence-electron chi connectivity index (χ3n) is 5.90. The first kappa shape index (κ1) is 19.1. The Morgan fingerprint density at radius 3 is 2.80 bits per heavy atom. The van der Waals surface area contributed by atoms with Crippen LogP contribution in [0.1, 0.15) is 30.4 Å². The van der Waals surface area contributed by atoms with Crippen LogP contribution in [0.2, 0.25) is 0 Å². The van der Waals surface area contributed by atoms with Gasteiger partial charge in [-0.05, 0) is 29.9 Å². The molecule has 0 spiro atoms. The van der Waals surface area contributed by atoms with Crippen LogP contribution >= 0.6 is 0 Å². The maximum absolute atomic E-state index is 14.5. The molecule has 7 radical (unpaired) electrons. The van der Waals surface area contributed by atoms with Crippen molar-refractivity contribution in [1.29, 1.82) is 0 Å². The molecule has 0 fully saturated rings. The van der Waals surface area contributed by atoms with Gasteiger partial charge in [-0.15, -0.1) is 0 Å². The lowest BCUT2D eigenvalue weighted by atomic mass is 9.51. The lowest BCUT2D eigenvalue weighted by molar-refractivity contribution is -0.136. The van der Waals surface area contributed by atoms with Crippen molar-refractivity contribution < 1.29 is 14.3 Å². The van der Waals surface area contributed by atoms with E-state index in [-0.39, 0.29) is 28.6 Å². The Hall–Kier alpha value is -2.89. The second kappa shape index (κ2) is 6.56. The van der Waals surface area contributed by atoms with Gasteiger partial charge in [0.25, 0.3) is 0 Å². The molecular weight excluding hydrogens is 376 g/mol. The van der Waals surface area contributed by atoms with E-state index in [0.29, 0.717) is 17.6 Å². The van der Waals surface area contributed by atoms with E-state index in [1.807, 2.05) is 30.9 Å². The van der Waals surface area contributed by atoms with Crippen LogP contribution in [-0.4, -0.2) is 56.7 Å². The maximum Gasteiger partial charge on any atom is 0.303 e. The number of aromatic nitrogens is 3. The summed E-state index contributed by atoms with van der Waals surface area (Å²) in [7, 11) is 20.1. The Morgan fingerprint density at radius 1 is 1.30 bits per heavy atom. The molecule has 1 atom stereocenters. The first-order valence-electron chi connectivity index (χ1n) is 9.52. The summed E-state index contributed by atoms with van der Waals surface area (Å²) in [4.78, 5) is 11.3. The van der Waals surface area contributed by atoms with Crippen LogP contribution < -0.4 is 21.9 Å². The molecule has 0 saturated carbocycles. The van der Waals surface area contributed by atoms with Crippen molar-refractivity contribution in [3.05, 3.63) is 35.4 Å².